The molecule has 0 aliphatic heterocycles. The van der Waals surface area contributed by atoms with Gasteiger partial charge in [0.1, 0.15) is 12.0 Å². The molecule has 0 saturated heterocycles. The van der Waals surface area contributed by atoms with Gasteiger partial charge in [-0.05, 0) is 0 Å². The second-order valence-corrected chi connectivity index (χ2v) is 3.14. The Kier molecular flexibility index (Phi) is 1.71. The lowest BCUT2D eigenvalue weighted by Crippen LogP contribution is -1.79. The third kappa shape index (κ3) is 1.27. The van der Waals surface area contributed by atoms with Crippen LogP contribution < -0.4 is 0 Å². The summed E-state index contributed by atoms with van der Waals surface area (Å²) in [4.78, 5) is 7.95. The summed E-state index contributed by atoms with van der Waals surface area (Å²) in [7, 11) is 0. The van der Waals surface area contributed by atoms with Crippen molar-refractivity contribution in [1.29, 1.82) is 0 Å². The Morgan fingerprint density at radius 3 is 2.80 bits per heavy atom. The van der Waals surface area contributed by atoms with Gasteiger partial charge < -0.3 is 4.52 Å². The van der Waals surface area contributed by atoms with E-state index in [-0.39, 0.29) is 0 Å². The third-order valence-electron chi connectivity index (χ3n) is 2.20. The first-order chi connectivity index (χ1) is 7.45. The zero-order chi connectivity index (χ0) is 10.1. The Balaban J connectivity index is 2.28. The van der Waals surface area contributed by atoms with Gasteiger partial charge in [-0.2, -0.15) is 4.98 Å². The van der Waals surface area contributed by atoms with Gasteiger partial charge in [0.15, 0.2) is 0 Å². The molecule has 15 heavy (non-hydrogen) atoms. The molecule has 0 fully saturated rings. The molecule has 2 heterocycles. The molecule has 3 aromatic rings. The minimum Gasteiger partial charge on any atom is -0.335 e. The van der Waals surface area contributed by atoms with E-state index >= 15 is 0 Å². The highest BCUT2D eigenvalue weighted by Gasteiger charge is 2.09. The minimum absolute atomic E-state index is 0.517. The van der Waals surface area contributed by atoms with Crippen LogP contribution in [0.2, 0.25) is 0 Å². The van der Waals surface area contributed by atoms with Gasteiger partial charge in [0, 0.05) is 11.8 Å². The molecule has 1 aromatic carbocycles. The number of hydrogen-bond acceptors (Lipinski definition) is 4. The van der Waals surface area contributed by atoms with Crippen molar-refractivity contribution in [3.63, 3.8) is 0 Å². The largest absolute Gasteiger partial charge is 0.335 e. The molecule has 0 atom stereocenters. The second kappa shape index (κ2) is 3.16. The van der Waals surface area contributed by atoms with Crippen LogP contribution in [0.1, 0.15) is 0 Å². The maximum atomic E-state index is 5.10. The van der Waals surface area contributed by atoms with Crippen molar-refractivity contribution in [3.8, 4) is 11.3 Å². The van der Waals surface area contributed by atoms with Gasteiger partial charge in [0.25, 0.3) is 5.71 Å². The third-order valence-corrected chi connectivity index (χ3v) is 2.20. The summed E-state index contributed by atoms with van der Waals surface area (Å²) in [5, 5.41) is 4.82. The Hall–Kier alpha value is -2.23. The van der Waals surface area contributed by atoms with Crippen LogP contribution in [-0.2, 0) is 0 Å². The molecule has 4 heteroatoms. The van der Waals surface area contributed by atoms with Crippen LogP contribution in [0, 0.1) is 0 Å². The first kappa shape index (κ1) is 8.11. The van der Waals surface area contributed by atoms with Gasteiger partial charge in [-0.25, -0.2) is 4.98 Å². The topological polar surface area (TPSA) is 51.8 Å². The lowest BCUT2D eigenvalue weighted by Gasteiger charge is -1.93. The standard InChI is InChI=1S/C11H7N3O/c1-2-4-8(5-3-1)10-9-6-12-7-13-11(9)15-14-10/h1-7H. The van der Waals surface area contributed by atoms with Crippen molar-refractivity contribution >= 4 is 11.1 Å². The molecule has 0 radical (unpaired) electrons. The lowest BCUT2D eigenvalue weighted by molar-refractivity contribution is 0.451. The van der Waals surface area contributed by atoms with Crippen LogP contribution in [0.4, 0.5) is 0 Å². The molecule has 0 unspecified atom stereocenters. The van der Waals surface area contributed by atoms with Crippen molar-refractivity contribution < 1.29 is 4.52 Å². The summed E-state index contributed by atoms with van der Waals surface area (Å²) >= 11 is 0. The zero-order valence-corrected chi connectivity index (χ0v) is 7.79. The number of aromatic nitrogens is 3. The molecular formula is C11H7N3O. The Morgan fingerprint density at radius 1 is 1.07 bits per heavy atom. The van der Waals surface area contributed by atoms with E-state index < -0.39 is 0 Å². The van der Waals surface area contributed by atoms with Gasteiger partial charge >= 0.3 is 0 Å². The average molecular weight is 197 g/mol. The minimum atomic E-state index is 0.517. The number of benzene rings is 1. The van der Waals surface area contributed by atoms with Crippen molar-refractivity contribution in [2.75, 3.05) is 0 Å². The fourth-order valence-corrected chi connectivity index (χ4v) is 1.50. The normalized spacial score (nSPS) is 10.7. The van der Waals surface area contributed by atoms with Crippen LogP contribution in [-0.4, -0.2) is 15.1 Å². The molecule has 3 rings (SSSR count). The number of nitrogens with zero attached hydrogens (tertiary/aromatic N) is 3. The van der Waals surface area contributed by atoms with Crippen molar-refractivity contribution in [2.45, 2.75) is 0 Å². The molecule has 72 valence electrons. The summed E-state index contributed by atoms with van der Waals surface area (Å²) in [6.07, 6.45) is 3.16. The molecule has 0 bridgehead atoms. The van der Waals surface area contributed by atoms with E-state index in [0.717, 1.165) is 16.6 Å². The van der Waals surface area contributed by atoms with Crippen LogP contribution in [0.5, 0.6) is 0 Å². The highest BCUT2D eigenvalue weighted by Crippen LogP contribution is 2.25. The quantitative estimate of drug-likeness (QED) is 0.600. The fraction of sp³-hybridized carbons (Fsp3) is 0. The van der Waals surface area contributed by atoms with Crippen molar-refractivity contribution in [2.24, 2.45) is 0 Å². The molecule has 0 amide bonds. The molecule has 0 aliphatic carbocycles. The summed E-state index contributed by atoms with van der Waals surface area (Å²) < 4.78 is 5.10. The first-order valence-electron chi connectivity index (χ1n) is 4.56. The first-order valence-corrected chi connectivity index (χ1v) is 4.56. The molecule has 2 aromatic heterocycles. The van der Waals surface area contributed by atoms with E-state index in [1.807, 2.05) is 30.3 Å². The van der Waals surface area contributed by atoms with E-state index in [4.69, 9.17) is 4.52 Å². The van der Waals surface area contributed by atoms with Crippen LogP contribution in [0.15, 0.2) is 47.4 Å². The SMILES string of the molecule is c1ccc(-c2noc3ncncc23)cc1. The summed E-state index contributed by atoms with van der Waals surface area (Å²) in [6.45, 7) is 0. The van der Waals surface area contributed by atoms with Gasteiger partial charge in [0.05, 0.1) is 5.39 Å². The van der Waals surface area contributed by atoms with Crippen molar-refractivity contribution in [1.82, 2.24) is 15.1 Å². The highest BCUT2D eigenvalue weighted by molar-refractivity contribution is 5.88. The van der Waals surface area contributed by atoms with E-state index in [1.54, 1.807) is 6.20 Å². The maximum absolute atomic E-state index is 5.10. The van der Waals surface area contributed by atoms with Gasteiger partial charge in [-0.15, -0.1) is 0 Å². The number of hydrogen-bond donors (Lipinski definition) is 0. The fourth-order valence-electron chi connectivity index (χ4n) is 1.50. The van der Waals surface area contributed by atoms with Crippen LogP contribution >= 0.6 is 0 Å². The Morgan fingerprint density at radius 2 is 1.93 bits per heavy atom. The van der Waals surface area contributed by atoms with Gasteiger partial charge in [-0.1, -0.05) is 35.5 Å². The lowest BCUT2D eigenvalue weighted by atomic mass is 10.1. The molecule has 0 aliphatic rings. The van der Waals surface area contributed by atoms with Crippen LogP contribution in [0.25, 0.3) is 22.4 Å². The van der Waals surface area contributed by atoms with E-state index in [9.17, 15) is 0 Å². The maximum Gasteiger partial charge on any atom is 0.261 e. The Bertz CT molecular complexity index is 589. The van der Waals surface area contributed by atoms with Gasteiger partial charge in [0.2, 0.25) is 0 Å². The summed E-state index contributed by atoms with van der Waals surface area (Å²) in [5.74, 6) is 0. The zero-order valence-electron chi connectivity index (χ0n) is 7.79. The molecule has 0 saturated carbocycles. The van der Waals surface area contributed by atoms with E-state index in [2.05, 4.69) is 15.1 Å². The average Bonchev–Trinajstić information content (AvgIpc) is 2.74. The predicted octanol–water partition coefficient (Wildman–Crippen LogP) is 2.28. The molecular weight excluding hydrogens is 190 g/mol. The predicted molar refractivity (Wildman–Crippen MR) is 55.0 cm³/mol. The summed E-state index contributed by atoms with van der Waals surface area (Å²) in [6, 6.07) is 9.83. The monoisotopic (exact) mass is 197 g/mol. The molecule has 4 nitrogen and oxygen atoms in total. The van der Waals surface area contributed by atoms with E-state index in [0.29, 0.717) is 5.71 Å². The number of rotatable bonds is 1. The molecule has 0 spiro atoms. The van der Waals surface area contributed by atoms with Crippen LogP contribution in [0.3, 0.4) is 0 Å². The van der Waals surface area contributed by atoms with E-state index in [1.165, 1.54) is 6.33 Å². The number of fused-ring (bicyclic) bond motifs is 1. The Labute approximate surface area is 85.6 Å². The van der Waals surface area contributed by atoms with Crippen molar-refractivity contribution in [3.05, 3.63) is 42.9 Å². The molecule has 0 N–H and O–H groups in total. The summed E-state index contributed by atoms with van der Waals surface area (Å²) in [5.41, 5.74) is 2.31. The highest BCUT2D eigenvalue weighted by atomic mass is 16.5. The second-order valence-electron chi connectivity index (χ2n) is 3.14. The van der Waals surface area contributed by atoms with Gasteiger partial charge in [-0.3, -0.25) is 0 Å². The smallest absolute Gasteiger partial charge is 0.261 e.